The fourth-order valence-corrected chi connectivity index (χ4v) is 9.94. The van der Waals surface area contributed by atoms with Crippen molar-refractivity contribution < 1.29 is 0 Å². The predicted molar refractivity (Wildman–Crippen MR) is 293 cm³/mol. The smallest absolute Gasteiger partial charge is 0.234 e. The third kappa shape index (κ3) is 7.51. The molecule has 74 heavy (non-hydrogen) atoms. The lowest BCUT2D eigenvalue weighted by Gasteiger charge is -2.11. The Bertz CT molecular complexity index is 3990. The number of nitrogens with zero attached hydrogens (tertiary/aromatic N) is 11. The lowest BCUT2D eigenvalue weighted by Crippen LogP contribution is -2.01. The SMILES string of the molecule is c1ccc(-c2cc(-c3cnc(-n4c5ccccc5c5ccccc54)nc3)cc(-c3ccc(-c4ccc(-c5cc(-c6cnc(-n7c8ccccc8c8ccccc87)nc6)cc(-c6ccccn6)n5)nc4)cn3)n2)cc1. The Labute approximate surface area is 423 Å². The molecule has 0 spiro atoms. The summed E-state index contributed by atoms with van der Waals surface area (Å²) in [6.07, 6.45) is 13.0. The van der Waals surface area contributed by atoms with Gasteiger partial charge in [-0.25, -0.2) is 29.9 Å². The molecule has 0 atom stereocenters. The minimum Gasteiger partial charge on any atom is -0.278 e. The molecule has 14 aromatic rings. The van der Waals surface area contributed by atoms with Crippen molar-refractivity contribution in [1.29, 1.82) is 0 Å². The number of aromatic nitrogens is 11. The molecule has 0 saturated carbocycles. The van der Waals surface area contributed by atoms with Crippen LogP contribution in [-0.4, -0.2) is 54.0 Å². The first-order valence-corrected chi connectivity index (χ1v) is 24.2. The fraction of sp³-hybridized carbons (Fsp3) is 0. The third-order valence-electron chi connectivity index (χ3n) is 13.5. The number of hydrogen-bond donors (Lipinski definition) is 0. The van der Waals surface area contributed by atoms with E-state index in [1.807, 2.05) is 128 Å². The van der Waals surface area contributed by atoms with Gasteiger partial charge in [0.2, 0.25) is 11.9 Å². The van der Waals surface area contributed by atoms with Crippen LogP contribution in [0.25, 0.3) is 134 Å². The number of rotatable bonds is 9. The quantitative estimate of drug-likeness (QED) is 0.139. The number of benzene rings is 5. The van der Waals surface area contributed by atoms with Crippen LogP contribution in [0.2, 0.25) is 0 Å². The predicted octanol–water partition coefficient (Wildman–Crippen LogP) is 14.1. The van der Waals surface area contributed by atoms with Crippen LogP contribution in [0.3, 0.4) is 0 Å². The van der Waals surface area contributed by atoms with Gasteiger partial charge in [-0.2, -0.15) is 0 Å². The molecular weight excluding hydrogens is 911 g/mol. The minimum absolute atomic E-state index is 0.597. The molecule has 0 aliphatic carbocycles. The first kappa shape index (κ1) is 42.5. The summed E-state index contributed by atoms with van der Waals surface area (Å²) >= 11 is 0. The van der Waals surface area contributed by atoms with E-state index in [9.17, 15) is 0 Å². The van der Waals surface area contributed by atoms with E-state index >= 15 is 0 Å². The maximum Gasteiger partial charge on any atom is 0.234 e. The zero-order valence-corrected chi connectivity index (χ0v) is 39.4. The lowest BCUT2D eigenvalue weighted by atomic mass is 10.0. The van der Waals surface area contributed by atoms with Crippen LogP contribution in [0, 0.1) is 0 Å². The van der Waals surface area contributed by atoms with Crippen LogP contribution < -0.4 is 0 Å². The van der Waals surface area contributed by atoms with Gasteiger partial charge in [-0.05, 0) is 83.9 Å². The third-order valence-corrected chi connectivity index (χ3v) is 13.5. The molecule has 0 radical (unpaired) electrons. The molecule has 11 heteroatoms. The average Bonchev–Trinajstić information content (AvgIpc) is 4.01. The molecule has 346 valence electrons. The van der Waals surface area contributed by atoms with E-state index in [0.717, 1.165) is 105 Å². The van der Waals surface area contributed by atoms with Crippen LogP contribution >= 0.6 is 0 Å². The maximum absolute atomic E-state index is 5.13. The molecule has 0 aliphatic heterocycles. The van der Waals surface area contributed by atoms with Gasteiger partial charge in [-0.3, -0.25) is 24.1 Å². The number of para-hydroxylation sites is 4. The molecule has 0 unspecified atom stereocenters. The Morgan fingerprint density at radius 2 is 0.595 bits per heavy atom. The van der Waals surface area contributed by atoms with Gasteiger partial charge in [-0.1, -0.05) is 121 Å². The molecule has 11 nitrogen and oxygen atoms in total. The molecule has 9 aromatic heterocycles. The molecule has 14 rings (SSSR count). The van der Waals surface area contributed by atoms with E-state index in [1.54, 1.807) is 6.20 Å². The van der Waals surface area contributed by atoms with Crippen LogP contribution in [0.5, 0.6) is 0 Å². The summed E-state index contributed by atoms with van der Waals surface area (Å²) in [7, 11) is 0. The zero-order chi connectivity index (χ0) is 49.0. The molecular formula is C63H39N11. The molecule has 0 fully saturated rings. The molecule has 5 aromatic carbocycles. The molecule has 0 N–H and O–H groups in total. The number of fused-ring (bicyclic) bond motifs is 6. The minimum atomic E-state index is 0.597. The van der Waals surface area contributed by atoms with E-state index in [4.69, 9.17) is 39.9 Å². The van der Waals surface area contributed by atoms with E-state index in [2.05, 4.69) is 117 Å². The summed E-state index contributed by atoms with van der Waals surface area (Å²) in [5.41, 5.74) is 15.7. The van der Waals surface area contributed by atoms with Crippen molar-refractivity contribution in [2.75, 3.05) is 0 Å². The second-order valence-electron chi connectivity index (χ2n) is 18.0. The summed E-state index contributed by atoms with van der Waals surface area (Å²) in [6.45, 7) is 0. The second kappa shape index (κ2) is 17.8. The van der Waals surface area contributed by atoms with Crippen molar-refractivity contribution in [3.63, 3.8) is 0 Å². The monoisotopic (exact) mass is 949 g/mol. The molecule has 9 heterocycles. The standard InChI is InChI=1S/C63H39N11/c1-2-14-40(15-3-1)54-30-43(45-36-67-62(68-37-45)73-58-21-8-4-16-47(58)48-17-5-9-22-59(48)73)31-56(71-54)52-27-25-41(34-65-52)42-26-28-53(66-35-42)57-33-44(32-55(72-57)51-20-12-13-29-64-51)46-38-69-63(70-39-46)74-60-23-10-6-18-49(60)50-19-7-11-24-61(50)74/h1-39H. The van der Waals surface area contributed by atoms with Gasteiger partial charge < -0.3 is 0 Å². The molecule has 0 aliphatic rings. The van der Waals surface area contributed by atoms with E-state index in [-0.39, 0.29) is 0 Å². The van der Waals surface area contributed by atoms with E-state index in [0.29, 0.717) is 29.0 Å². The van der Waals surface area contributed by atoms with Crippen LogP contribution in [0.1, 0.15) is 0 Å². The summed E-state index contributed by atoms with van der Waals surface area (Å²) < 4.78 is 4.23. The fourth-order valence-electron chi connectivity index (χ4n) is 9.94. The molecule has 0 amide bonds. The average molecular weight is 950 g/mol. The van der Waals surface area contributed by atoms with Crippen molar-refractivity contribution in [3.05, 3.63) is 238 Å². The highest BCUT2D eigenvalue weighted by Gasteiger charge is 2.18. The Morgan fingerprint density at radius 1 is 0.230 bits per heavy atom. The van der Waals surface area contributed by atoms with E-state index < -0.39 is 0 Å². The summed E-state index contributed by atoms with van der Waals surface area (Å²) in [4.78, 5) is 44.5. The van der Waals surface area contributed by atoms with Crippen molar-refractivity contribution in [3.8, 4) is 90.7 Å². The van der Waals surface area contributed by atoms with Gasteiger partial charge in [0.05, 0.1) is 61.9 Å². The lowest BCUT2D eigenvalue weighted by molar-refractivity contribution is 0.990. The highest BCUT2D eigenvalue weighted by Crippen LogP contribution is 2.36. The van der Waals surface area contributed by atoms with Crippen LogP contribution in [0.4, 0.5) is 0 Å². The van der Waals surface area contributed by atoms with Gasteiger partial charge >= 0.3 is 0 Å². The number of hydrogen-bond acceptors (Lipinski definition) is 9. The second-order valence-corrected chi connectivity index (χ2v) is 18.0. The normalized spacial score (nSPS) is 11.5. The van der Waals surface area contributed by atoms with Gasteiger partial charge in [-0.15, -0.1) is 0 Å². The van der Waals surface area contributed by atoms with Crippen molar-refractivity contribution in [1.82, 2.24) is 54.0 Å². The van der Waals surface area contributed by atoms with E-state index in [1.165, 1.54) is 0 Å². The summed E-state index contributed by atoms with van der Waals surface area (Å²) in [5.74, 6) is 1.20. The Hall–Kier alpha value is -10.4. The first-order valence-electron chi connectivity index (χ1n) is 24.2. The molecule has 0 saturated heterocycles. The van der Waals surface area contributed by atoms with Crippen molar-refractivity contribution >= 4 is 43.6 Å². The van der Waals surface area contributed by atoms with Gasteiger partial charge in [0.15, 0.2) is 0 Å². The Morgan fingerprint density at radius 3 is 1.00 bits per heavy atom. The maximum atomic E-state index is 5.13. The van der Waals surface area contributed by atoms with Crippen molar-refractivity contribution in [2.24, 2.45) is 0 Å². The molecule has 0 bridgehead atoms. The van der Waals surface area contributed by atoms with Gasteiger partial charge in [0.25, 0.3) is 0 Å². The summed E-state index contributed by atoms with van der Waals surface area (Å²) in [5, 5.41) is 4.64. The number of pyridine rings is 5. The van der Waals surface area contributed by atoms with Gasteiger partial charge in [0, 0.05) is 92.7 Å². The summed E-state index contributed by atoms with van der Waals surface area (Å²) in [6, 6.07) is 65.7. The van der Waals surface area contributed by atoms with Crippen molar-refractivity contribution in [2.45, 2.75) is 0 Å². The topological polar surface area (TPSA) is 126 Å². The highest BCUT2D eigenvalue weighted by molar-refractivity contribution is 6.10. The Kier molecular flexibility index (Phi) is 10.2. The highest BCUT2D eigenvalue weighted by atomic mass is 15.2. The zero-order valence-electron chi connectivity index (χ0n) is 39.4. The largest absolute Gasteiger partial charge is 0.278 e. The Balaban J connectivity index is 0.769. The van der Waals surface area contributed by atoms with Crippen LogP contribution in [0.15, 0.2) is 238 Å². The first-order chi connectivity index (χ1) is 36.7. The van der Waals surface area contributed by atoms with Gasteiger partial charge in [0.1, 0.15) is 0 Å². The van der Waals surface area contributed by atoms with Crippen LogP contribution in [-0.2, 0) is 0 Å².